The van der Waals surface area contributed by atoms with E-state index in [4.69, 9.17) is 4.52 Å². The Labute approximate surface area is 333 Å². The van der Waals surface area contributed by atoms with Crippen LogP contribution in [0.1, 0.15) is 81.2 Å². The van der Waals surface area contributed by atoms with Gasteiger partial charge in [-0.3, -0.25) is 19.7 Å². The van der Waals surface area contributed by atoms with Gasteiger partial charge in [-0.25, -0.2) is 0 Å². The fourth-order valence-electron chi connectivity index (χ4n) is 9.97. The predicted molar refractivity (Wildman–Crippen MR) is 215 cm³/mol. The molecule has 13 nitrogen and oxygen atoms in total. The lowest BCUT2D eigenvalue weighted by molar-refractivity contribution is -0.167. The highest BCUT2D eigenvalue weighted by molar-refractivity contribution is 6.01. The average Bonchev–Trinajstić information content (AvgIpc) is 3.71. The molecule has 13 heteroatoms. The minimum atomic E-state index is -0.752. The minimum absolute atomic E-state index is 0.162. The van der Waals surface area contributed by atoms with Crippen molar-refractivity contribution in [2.45, 2.75) is 69.6 Å². The second kappa shape index (κ2) is 14.9. The summed E-state index contributed by atoms with van der Waals surface area (Å²) in [5, 5.41) is 26.0. The van der Waals surface area contributed by atoms with Crippen molar-refractivity contribution in [2.75, 3.05) is 68.7 Å². The van der Waals surface area contributed by atoms with Gasteiger partial charge in [0.25, 0.3) is 0 Å². The summed E-state index contributed by atoms with van der Waals surface area (Å²) >= 11 is 0. The predicted octanol–water partition coefficient (Wildman–Crippen LogP) is 5.08. The number of aromatic nitrogens is 3. The summed E-state index contributed by atoms with van der Waals surface area (Å²) in [6, 6.07) is 19.4. The second-order valence-electron chi connectivity index (χ2n) is 17.5. The van der Waals surface area contributed by atoms with E-state index >= 15 is 0 Å². The van der Waals surface area contributed by atoms with E-state index in [1.54, 1.807) is 18.3 Å². The van der Waals surface area contributed by atoms with Gasteiger partial charge in [0.1, 0.15) is 11.5 Å². The van der Waals surface area contributed by atoms with E-state index in [9.17, 15) is 19.5 Å². The summed E-state index contributed by atoms with van der Waals surface area (Å²) in [5.41, 5.74) is 4.49. The maximum absolute atomic E-state index is 14.6. The molecule has 4 aromatic rings. The van der Waals surface area contributed by atoms with E-state index in [-0.39, 0.29) is 40.7 Å². The number of nitrogens with one attached hydrogen (secondary N) is 1. The SMILES string of the molecule is CC(C)c1cc(C2(C(=O)N3CC4(CN(CC5CCN(c6ccc([C@H]7CCC(=O)NC7=O)cc6)CC5)C4)C3)CCN(c3cnnc(-c4ccccc4O)c3)CC2)no1. The molecule has 0 radical (unpaired) electrons. The monoisotopic (exact) mass is 772 g/mol. The highest BCUT2D eigenvalue weighted by atomic mass is 16.5. The number of piperidine rings is 3. The van der Waals surface area contributed by atoms with Crippen LogP contribution in [0.5, 0.6) is 5.75 Å². The first-order valence-corrected chi connectivity index (χ1v) is 20.6. The average molecular weight is 773 g/mol. The highest BCUT2D eigenvalue weighted by Crippen LogP contribution is 2.46. The molecule has 2 aromatic heterocycles. The van der Waals surface area contributed by atoms with Gasteiger partial charge in [-0.1, -0.05) is 43.3 Å². The Balaban J connectivity index is 0.785. The number of rotatable bonds is 9. The topological polar surface area (TPSA) is 148 Å². The van der Waals surface area contributed by atoms with Crippen LogP contribution in [0.4, 0.5) is 11.4 Å². The number of carbonyl (C=O) groups excluding carboxylic acids is 3. The Kier molecular flexibility index (Phi) is 9.74. The normalized spacial score (nSPS) is 22.4. The fraction of sp³-hybridized carbons (Fsp3) is 0.500. The number of carbonyl (C=O) groups is 3. The van der Waals surface area contributed by atoms with E-state index in [1.807, 2.05) is 36.4 Å². The Morgan fingerprint density at radius 2 is 1.63 bits per heavy atom. The van der Waals surface area contributed by atoms with E-state index in [0.717, 1.165) is 81.4 Å². The number of aromatic hydroxyl groups is 1. The smallest absolute Gasteiger partial charge is 0.235 e. The zero-order valence-corrected chi connectivity index (χ0v) is 32.9. The number of nitrogens with zero attached hydrogens (tertiary/aromatic N) is 7. The van der Waals surface area contributed by atoms with E-state index in [2.05, 4.69) is 66.3 Å². The molecule has 9 rings (SSSR count). The summed E-state index contributed by atoms with van der Waals surface area (Å²) in [6.45, 7) is 12.2. The molecule has 0 saturated carbocycles. The molecule has 0 bridgehead atoms. The molecular formula is C44H52N8O5. The van der Waals surface area contributed by atoms with Gasteiger partial charge in [-0.05, 0) is 73.9 Å². The van der Waals surface area contributed by atoms with Gasteiger partial charge in [-0.2, -0.15) is 10.2 Å². The van der Waals surface area contributed by atoms with Crippen LogP contribution in [0.3, 0.4) is 0 Å². The van der Waals surface area contributed by atoms with Crippen LogP contribution in [0.25, 0.3) is 11.3 Å². The van der Waals surface area contributed by atoms with E-state index < -0.39 is 5.41 Å². The molecule has 1 atom stereocenters. The van der Waals surface area contributed by atoms with Gasteiger partial charge in [0.2, 0.25) is 17.7 Å². The maximum atomic E-state index is 14.6. The van der Waals surface area contributed by atoms with Crippen LogP contribution in [0, 0.1) is 11.3 Å². The number of hydrogen-bond acceptors (Lipinski definition) is 11. The molecule has 5 aliphatic rings. The van der Waals surface area contributed by atoms with Gasteiger partial charge < -0.3 is 29.2 Å². The van der Waals surface area contributed by atoms with Gasteiger partial charge >= 0.3 is 0 Å². The number of hydrogen-bond donors (Lipinski definition) is 2. The first-order chi connectivity index (χ1) is 27.6. The number of amides is 3. The van der Waals surface area contributed by atoms with E-state index in [0.29, 0.717) is 55.9 Å². The van der Waals surface area contributed by atoms with Gasteiger partial charge in [-0.15, -0.1) is 0 Å². The number of para-hydroxylation sites is 1. The van der Waals surface area contributed by atoms with Crippen molar-refractivity contribution in [3.63, 3.8) is 0 Å². The van der Waals surface area contributed by atoms with Crippen molar-refractivity contribution in [3.05, 3.63) is 83.9 Å². The maximum Gasteiger partial charge on any atom is 0.235 e. The zero-order valence-electron chi connectivity index (χ0n) is 32.9. The number of imide groups is 1. The van der Waals surface area contributed by atoms with Gasteiger partial charge in [0.15, 0.2) is 0 Å². The van der Waals surface area contributed by atoms with Crippen molar-refractivity contribution < 1.29 is 24.0 Å². The van der Waals surface area contributed by atoms with Crippen molar-refractivity contribution >= 4 is 29.1 Å². The molecule has 5 saturated heterocycles. The Morgan fingerprint density at radius 1 is 0.912 bits per heavy atom. The Hall–Kier alpha value is -5.30. The van der Waals surface area contributed by atoms with Crippen molar-refractivity contribution in [1.29, 1.82) is 0 Å². The number of benzene rings is 2. The van der Waals surface area contributed by atoms with Crippen LogP contribution < -0.4 is 15.1 Å². The molecule has 57 heavy (non-hydrogen) atoms. The number of phenolic OH excluding ortho intramolecular Hbond substituents is 1. The second-order valence-corrected chi connectivity index (χ2v) is 17.5. The van der Waals surface area contributed by atoms with Gasteiger partial charge in [0.05, 0.1) is 34.6 Å². The Bertz CT molecular complexity index is 2120. The molecule has 7 heterocycles. The molecule has 2 N–H and O–H groups in total. The molecule has 0 aliphatic carbocycles. The first-order valence-electron chi connectivity index (χ1n) is 20.6. The first kappa shape index (κ1) is 37.3. The van der Waals surface area contributed by atoms with Gasteiger partial charge in [0, 0.05) is 94.0 Å². The lowest BCUT2D eigenvalue weighted by atomic mass is 9.68. The van der Waals surface area contributed by atoms with Crippen LogP contribution in [0.2, 0.25) is 0 Å². The van der Waals surface area contributed by atoms with Crippen molar-refractivity contribution in [1.82, 2.24) is 30.5 Å². The molecule has 1 spiro atoms. The summed E-state index contributed by atoms with van der Waals surface area (Å²) in [6.07, 6.45) is 6.22. The largest absolute Gasteiger partial charge is 0.507 e. The van der Waals surface area contributed by atoms with Crippen molar-refractivity contribution in [2.24, 2.45) is 11.3 Å². The lowest BCUT2D eigenvalue weighted by Crippen LogP contribution is -2.74. The summed E-state index contributed by atoms with van der Waals surface area (Å²) < 4.78 is 5.79. The van der Waals surface area contributed by atoms with Crippen molar-refractivity contribution in [3.8, 4) is 17.0 Å². The Morgan fingerprint density at radius 3 is 2.32 bits per heavy atom. The number of anilines is 2. The standard InChI is InChI=1S/C44H52N8O5/c1-29(2)38-22-39(48-57-38)44(15-19-51(20-16-44)33-21-36(47-45-23-33)35-5-3-4-6-37(35)53)42(56)52-27-43(28-52)25-49(26-43)24-30-13-17-50(18-14-30)32-9-7-31(8-10-32)34-11-12-40(54)46-41(34)55/h3-10,21-23,29-30,34,53H,11-20,24-28H2,1-2H3,(H,46,54,55)/t34-/m1/s1. The molecule has 3 amide bonds. The zero-order chi connectivity index (χ0) is 39.3. The summed E-state index contributed by atoms with van der Waals surface area (Å²) in [4.78, 5) is 47.9. The summed E-state index contributed by atoms with van der Waals surface area (Å²) in [5.74, 6) is 1.32. The highest BCUT2D eigenvalue weighted by Gasteiger charge is 2.57. The number of likely N-dealkylation sites (tertiary alicyclic amines) is 2. The van der Waals surface area contributed by atoms with E-state index in [1.165, 1.54) is 5.69 Å². The molecule has 298 valence electrons. The third-order valence-corrected chi connectivity index (χ3v) is 13.3. The molecular weight excluding hydrogens is 721 g/mol. The summed E-state index contributed by atoms with van der Waals surface area (Å²) in [7, 11) is 0. The molecule has 5 aliphatic heterocycles. The third kappa shape index (κ3) is 7.15. The van der Waals surface area contributed by atoms with Crippen LogP contribution in [-0.4, -0.2) is 107 Å². The van der Waals surface area contributed by atoms with Crippen LogP contribution in [-0.2, 0) is 19.8 Å². The van der Waals surface area contributed by atoms with Crippen LogP contribution >= 0.6 is 0 Å². The molecule has 0 unspecified atom stereocenters. The van der Waals surface area contributed by atoms with Crippen LogP contribution in [0.15, 0.2) is 71.4 Å². The quantitative estimate of drug-likeness (QED) is 0.220. The lowest BCUT2D eigenvalue weighted by Gasteiger charge is -2.62. The fourth-order valence-corrected chi connectivity index (χ4v) is 9.97. The molecule has 2 aromatic carbocycles. The number of phenols is 1. The third-order valence-electron chi connectivity index (χ3n) is 13.3. The minimum Gasteiger partial charge on any atom is -0.507 e. The molecule has 5 fully saturated rings.